The van der Waals surface area contributed by atoms with Crippen LogP contribution in [0.5, 0.6) is 5.75 Å². The van der Waals surface area contributed by atoms with Crippen molar-refractivity contribution in [2.75, 3.05) is 26.7 Å². The maximum Gasteiger partial charge on any atom is 0.247 e. The van der Waals surface area contributed by atoms with Crippen LogP contribution in [0.1, 0.15) is 45.9 Å². The molecule has 1 amide bonds. The number of amides is 1. The highest BCUT2D eigenvalue weighted by molar-refractivity contribution is 5.76. The van der Waals surface area contributed by atoms with Gasteiger partial charge < -0.3 is 19.8 Å². The van der Waals surface area contributed by atoms with Crippen molar-refractivity contribution >= 4 is 5.91 Å². The van der Waals surface area contributed by atoms with Gasteiger partial charge in [-0.1, -0.05) is 25.5 Å². The summed E-state index contributed by atoms with van der Waals surface area (Å²) < 4.78 is 11.3. The number of primary amides is 1. The molecule has 2 aromatic rings. The van der Waals surface area contributed by atoms with Crippen molar-refractivity contribution in [1.82, 2.24) is 15.1 Å². The topological polar surface area (TPSA) is 94.5 Å². The summed E-state index contributed by atoms with van der Waals surface area (Å²) in [5.41, 5.74) is 7.83. The molecule has 34 heavy (non-hydrogen) atoms. The van der Waals surface area contributed by atoms with E-state index in [1.54, 1.807) is 7.11 Å². The molecule has 1 aromatic heterocycles. The van der Waals surface area contributed by atoms with Crippen LogP contribution in [-0.2, 0) is 11.2 Å². The summed E-state index contributed by atoms with van der Waals surface area (Å²) in [6, 6.07) is 7.68. The summed E-state index contributed by atoms with van der Waals surface area (Å²) in [6.45, 7) is 9.88. The average molecular weight is 467 g/mol. The SMILES string of the molecule is COc1ccc(-c2nnc(CC3CC(C(C)C)C(CN4CCC(C(N)=O)CC4)C=C3C)o2)cc1. The van der Waals surface area contributed by atoms with Gasteiger partial charge in [0.1, 0.15) is 5.75 Å². The Hall–Kier alpha value is -2.67. The van der Waals surface area contributed by atoms with Crippen molar-refractivity contribution in [1.29, 1.82) is 0 Å². The van der Waals surface area contributed by atoms with Crippen LogP contribution in [0.4, 0.5) is 0 Å². The molecule has 7 nitrogen and oxygen atoms in total. The van der Waals surface area contributed by atoms with Crippen LogP contribution in [0, 0.1) is 29.6 Å². The molecule has 2 N–H and O–H groups in total. The monoisotopic (exact) mass is 466 g/mol. The molecule has 0 saturated carbocycles. The quantitative estimate of drug-likeness (QED) is 0.582. The van der Waals surface area contributed by atoms with Gasteiger partial charge in [-0.05, 0) is 87.2 Å². The first kappa shape index (κ1) is 24.5. The van der Waals surface area contributed by atoms with Gasteiger partial charge in [-0.3, -0.25) is 4.79 Å². The van der Waals surface area contributed by atoms with Gasteiger partial charge in [0.25, 0.3) is 0 Å². The first-order chi connectivity index (χ1) is 16.3. The van der Waals surface area contributed by atoms with Crippen LogP contribution in [0.15, 0.2) is 40.3 Å². The summed E-state index contributed by atoms with van der Waals surface area (Å²) >= 11 is 0. The second-order valence-electron chi connectivity index (χ2n) is 10.3. The van der Waals surface area contributed by atoms with E-state index >= 15 is 0 Å². The van der Waals surface area contributed by atoms with Crippen LogP contribution < -0.4 is 10.5 Å². The molecule has 1 fully saturated rings. The van der Waals surface area contributed by atoms with E-state index in [1.165, 1.54) is 5.57 Å². The van der Waals surface area contributed by atoms with Crippen molar-refractivity contribution in [3.05, 3.63) is 41.8 Å². The van der Waals surface area contributed by atoms with Gasteiger partial charge in [-0.15, -0.1) is 10.2 Å². The van der Waals surface area contributed by atoms with Crippen LogP contribution >= 0.6 is 0 Å². The molecule has 1 aliphatic carbocycles. The highest BCUT2D eigenvalue weighted by atomic mass is 16.5. The van der Waals surface area contributed by atoms with Gasteiger partial charge in [0, 0.05) is 24.4 Å². The van der Waals surface area contributed by atoms with E-state index in [0.29, 0.717) is 35.5 Å². The predicted molar refractivity (Wildman–Crippen MR) is 132 cm³/mol. The lowest BCUT2D eigenvalue weighted by atomic mass is 9.69. The minimum atomic E-state index is -0.146. The van der Waals surface area contributed by atoms with Crippen molar-refractivity contribution in [2.24, 2.45) is 35.3 Å². The van der Waals surface area contributed by atoms with Gasteiger partial charge in [0.15, 0.2) is 0 Å². The number of ether oxygens (including phenoxy) is 1. The van der Waals surface area contributed by atoms with E-state index in [1.807, 2.05) is 24.3 Å². The highest BCUT2D eigenvalue weighted by Gasteiger charge is 2.34. The van der Waals surface area contributed by atoms with E-state index in [9.17, 15) is 4.79 Å². The Bertz CT molecular complexity index is 990. The number of allylic oxidation sites excluding steroid dienone is 1. The Morgan fingerprint density at radius 2 is 1.91 bits per heavy atom. The smallest absolute Gasteiger partial charge is 0.247 e. The maximum atomic E-state index is 11.5. The van der Waals surface area contributed by atoms with Gasteiger partial charge in [-0.25, -0.2) is 0 Å². The maximum absolute atomic E-state index is 11.5. The zero-order chi connectivity index (χ0) is 24.2. The van der Waals surface area contributed by atoms with Gasteiger partial charge >= 0.3 is 0 Å². The Morgan fingerprint density at radius 1 is 1.21 bits per heavy atom. The Balaban J connectivity index is 1.41. The molecule has 3 unspecified atom stereocenters. The summed E-state index contributed by atoms with van der Waals surface area (Å²) in [5.74, 6) is 4.08. The van der Waals surface area contributed by atoms with Crippen molar-refractivity contribution < 1.29 is 13.9 Å². The molecule has 184 valence electrons. The van der Waals surface area contributed by atoms with Crippen molar-refractivity contribution in [3.8, 4) is 17.2 Å². The number of hydrogen-bond donors (Lipinski definition) is 1. The molecule has 0 bridgehead atoms. The molecular formula is C27H38N4O3. The lowest BCUT2D eigenvalue weighted by Crippen LogP contribution is -2.43. The number of benzene rings is 1. The average Bonchev–Trinajstić information content (AvgIpc) is 3.29. The predicted octanol–water partition coefficient (Wildman–Crippen LogP) is 4.34. The third-order valence-electron chi connectivity index (χ3n) is 7.77. The lowest BCUT2D eigenvalue weighted by Gasteiger charge is -2.40. The number of rotatable bonds is 8. The minimum absolute atomic E-state index is 0.0439. The van der Waals surface area contributed by atoms with E-state index in [-0.39, 0.29) is 11.8 Å². The fourth-order valence-corrected chi connectivity index (χ4v) is 5.58. The Kier molecular flexibility index (Phi) is 7.71. The van der Waals surface area contributed by atoms with Gasteiger partial charge in [0.2, 0.25) is 17.7 Å². The molecule has 1 aromatic carbocycles. The number of methoxy groups -OCH3 is 1. The van der Waals surface area contributed by atoms with Gasteiger partial charge in [-0.2, -0.15) is 0 Å². The van der Waals surface area contributed by atoms with E-state index < -0.39 is 0 Å². The number of piperidine rings is 1. The molecule has 0 spiro atoms. The summed E-state index contributed by atoms with van der Waals surface area (Å²) in [5, 5.41) is 8.63. The summed E-state index contributed by atoms with van der Waals surface area (Å²) in [4.78, 5) is 14.0. The Morgan fingerprint density at radius 3 is 2.53 bits per heavy atom. The minimum Gasteiger partial charge on any atom is -0.497 e. The van der Waals surface area contributed by atoms with Gasteiger partial charge in [0.05, 0.1) is 7.11 Å². The van der Waals surface area contributed by atoms with Crippen LogP contribution in [0.2, 0.25) is 0 Å². The molecule has 2 heterocycles. The van der Waals surface area contributed by atoms with E-state index in [4.69, 9.17) is 14.9 Å². The number of hydrogen-bond acceptors (Lipinski definition) is 6. The summed E-state index contributed by atoms with van der Waals surface area (Å²) in [7, 11) is 1.65. The van der Waals surface area contributed by atoms with Crippen molar-refractivity contribution in [3.63, 3.8) is 0 Å². The highest BCUT2D eigenvalue weighted by Crippen LogP contribution is 2.39. The fourth-order valence-electron chi connectivity index (χ4n) is 5.58. The number of carbonyl (C=O) groups is 1. The van der Waals surface area contributed by atoms with Crippen LogP contribution in [0.3, 0.4) is 0 Å². The van der Waals surface area contributed by atoms with E-state index in [0.717, 1.165) is 56.6 Å². The molecule has 1 saturated heterocycles. The largest absolute Gasteiger partial charge is 0.497 e. The second kappa shape index (κ2) is 10.7. The number of aromatic nitrogens is 2. The molecular weight excluding hydrogens is 428 g/mol. The number of carbonyl (C=O) groups excluding carboxylic acids is 1. The third kappa shape index (κ3) is 5.69. The fraction of sp³-hybridized carbons (Fsp3) is 0.593. The first-order valence-electron chi connectivity index (χ1n) is 12.5. The molecule has 3 atom stereocenters. The third-order valence-corrected chi connectivity index (χ3v) is 7.77. The molecule has 4 rings (SSSR count). The van der Waals surface area contributed by atoms with Crippen LogP contribution in [0.25, 0.3) is 11.5 Å². The Labute approximate surface area is 202 Å². The zero-order valence-corrected chi connectivity index (χ0v) is 20.9. The van der Waals surface area contributed by atoms with Crippen molar-refractivity contribution in [2.45, 2.75) is 46.5 Å². The molecule has 7 heteroatoms. The normalized spacial score (nSPS) is 24.3. The first-order valence-corrected chi connectivity index (χ1v) is 12.5. The number of likely N-dealkylation sites (tertiary alicyclic amines) is 1. The summed E-state index contributed by atoms with van der Waals surface area (Å²) in [6.07, 6.45) is 6.15. The molecule has 0 radical (unpaired) electrons. The van der Waals surface area contributed by atoms with E-state index in [2.05, 4.69) is 41.9 Å². The zero-order valence-electron chi connectivity index (χ0n) is 20.9. The number of nitrogens with two attached hydrogens (primary N) is 1. The molecule has 2 aliphatic rings. The molecule has 1 aliphatic heterocycles. The number of nitrogens with zero attached hydrogens (tertiary/aromatic N) is 3. The second-order valence-corrected chi connectivity index (χ2v) is 10.3. The standard InChI is InChI=1S/C27H38N4O3/c1-17(2)24-14-21(15-25-29-30-27(34-25)20-5-7-23(33-4)8-6-20)18(3)13-22(24)16-31-11-9-19(10-12-31)26(28)32/h5-8,13,17,19,21-22,24H,9-12,14-16H2,1-4H3,(H2,28,32). The lowest BCUT2D eigenvalue weighted by molar-refractivity contribution is -0.123. The van der Waals surface area contributed by atoms with Crippen LogP contribution in [-0.4, -0.2) is 47.7 Å².